The fourth-order valence-corrected chi connectivity index (χ4v) is 9.44. The third-order valence-electron chi connectivity index (χ3n) is 9.67. The van der Waals surface area contributed by atoms with Crippen LogP contribution in [0.1, 0.15) is 81.3 Å². The van der Waals surface area contributed by atoms with Crippen molar-refractivity contribution >= 4 is 39.0 Å². The lowest BCUT2D eigenvalue weighted by molar-refractivity contribution is -0.273. The summed E-state index contributed by atoms with van der Waals surface area (Å²) in [5.41, 5.74) is 0.0687. The van der Waals surface area contributed by atoms with Crippen molar-refractivity contribution in [2.24, 2.45) is 34.5 Å². The van der Waals surface area contributed by atoms with Gasteiger partial charge in [0.05, 0.1) is 4.47 Å². The Morgan fingerprint density at radius 3 is 2.62 bits per heavy atom. The summed E-state index contributed by atoms with van der Waals surface area (Å²) in [5, 5.41) is -0.399. The molecule has 9 heteroatoms. The molecule has 1 aromatic rings. The largest absolute Gasteiger partial charge is 0.573 e. The van der Waals surface area contributed by atoms with E-state index < -0.39 is 17.4 Å². The van der Waals surface area contributed by atoms with Gasteiger partial charge in [0.2, 0.25) is 0 Å². The van der Waals surface area contributed by atoms with E-state index in [0.29, 0.717) is 40.8 Å². The normalized spacial score (nSPS) is 39.7. The Hall–Kier alpha value is -1.09. The van der Waals surface area contributed by atoms with Crippen molar-refractivity contribution in [3.05, 3.63) is 15.4 Å². The second-order valence-electron chi connectivity index (χ2n) is 11.2. The summed E-state index contributed by atoms with van der Waals surface area (Å²) in [4.78, 5) is 25.4. The van der Waals surface area contributed by atoms with E-state index in [0.717, 1.165) is 57.8 Å². The Morgan fingerprint density at radius 1 is 1.12 bits per heavy atom. The molecule has 0 aliphatic heterocycles. The molecule has 4 aliphatic rings. The number of Topliss-reactive ketones (excluding diaryl/α,β-unsaturated/α-hetero) is 1. The van der Waals surface area contributed by atoms with Gasteiger partial charge < -0.3 is 9.47 Å². The van der Waals surface area contributed by atoms with Crippen LogP contribution < -0.4 is 4.74 Å². The number of rotatable bonds is 3. The van der Waals surface area contributed by atoms with E-state index in [1.807, 2.05) is 0 Å². The molecule has 0 radical (unpaired) electrons. The van der Waals surface area contributed by atoms with Crippen LogP contribution in [0.15, 0.2) is 10.5 Å². The zero-order valence-electron chi connectivity index (χ0n) is 19.4. The maximum Gasteiger partial charge on any atom is 0.573 e. The van der Waals surface area contributed by atoms with Crippen molar-refractivity contribution in [3.8, 4) is 5.06 Å². The topological polar surface area (TPSA) is 52.6 Å². The lowest BCUT2D eigenvalue weighted by atomic mass is 9.45. The van der Waals surface area contributed by atoms with Gasteiger partial charge in [-0.1, -0.05) is 25.2 Å². The summed E-state index contributed by atoms with van der Waals surface area (Å²) in [5.74, 6) is 2.06. The Morgan fingerprint density at radius 2 is 1.88 bits per heavy atom. The molecule has 7 atom stereocenters. The maximum atomic E-state index is 12.7. The molecule has 0 amide bonds. The Labute approximate surface area is 210 Å². The van der Waals surface area contributed by atoms with E-state index in [4.69, 9.17) is 4.74 Å². The van der Waals surface area contributed by atoms with E-state index in [1.54, 1.807) is 0 Å². The highest BCUT2D eigenvalue weighted by Crippen LogP contribution is 2.65. The van der Waals surface area contributed by atoms with Gasteiger partial charge >= 0.3 is 12.3 Å². The molecule has 4 nitrogen and oxygen atoms in total. The summed E-state index contributed by atoms with van der Waals surface area (Å²) < 4.78 is 47.5. The molecule has 4 fully saturated rings. The van der Waals surface area contributed by atoms with Gasteiger partial charge in [0.25, 0.3) is 0 Å². The van der Waals surface area contributed by atoms with E-state index in [1.165, 1.54) is 6.07 Å². The number of fused-ring (bicyclic) bond motifs is 5. The van der Waals surface area contributed by atoms with Crippen LogP contribution in [-0.4, -0.2) is 24.2 Å². The van der Waals surface area contributed by atoms with Crippen LogP contribution in [-0.2, 0) is 9.53 Å². The van der Waals surface area contributed by atoms with Gasteiger partial charge in [-0.2, -0.15) is 0 Å². The van der Waals surface area contributed by atoms with Crippen molar-refractivity contribution in [2.75, 3.05) is 0 Å². The van der Waals surface area contributed by atoms with Gasteiger partial charge in [-0.15, -0.1) is 13.2 Å². The minimum Gasteiger partial charge on any atom is -0.458 e. The average Bonchev–Trinajstić information content (AvgIpc) is 3.26. The van der Waals surface area contributed by atoms with Crippen LogP contribution in [0.25, 0.3) is 0 Å². The first kappa shape index (κ1) is 24.6. The number of carbonyl (C=O) groups is 2. The second kappa shape index (κ2) is 8.49. The molecule has 0 bridgehead atoms. The Balaban J connectivity index is 1.24. The van der Waals surface area contributed by atoms with Gasteiger partial charge in [-0.3, -0.25) is 4.79 Å². The zero-order chi connectivity index (χ0) is 24.5. The van der Waals surface area contributed by atoms with Crippen LogP contribution in [0.5, 0.6) is 5.06 Å². The number of esters is 1. The first-order valence-electron chi connectivity index (χ1n) is 12.2. The highest BCUT2D eigenvalue weighted by Gasteiger charge is 2.60. The SMILES string of the molecule is C[C@]12CC[C@H](OC(=O)c3cc(Br)c(OC(F)(F)F)s3)C[C@@H]1CC[C@@H]1[C@@H]2CC[C@]2(C)C(=O)CC[C@@H]12. The third-order valence-corrected chi connectivity index (χ3v) is 11.5. The van der Waals surface area contributed by atoms with Gasteiger partial charge in [0.15, 0.2) is 5.06 Å². The molecule has 1 aromatic heterocycles. The highest BCUT2D eigenvalue weighted by atomic mass is 79.9. The van der Waals surface area contributed by atoms with Gasteiger partial charge in [-0.25, -0.2) is 4.79 Å². The Bertz CT molecular complexity index is 993. The van der Waals surface area contributed by atoms with Crippen molar-refractivity contribution < 1.29 is 32.2 Å². The number of hydrogen-bond acceptors (Lipinski definition) is 5. The number of ether oxygens (including phenoxy) is 2. The molecule has 5 rings (SSSR count). The molecule has 0 spiro atoms. The number of ketones is 1. The smallest absolute Gasteiger partial charge is 0.458 e. The predicted molar refractivity (Wildman–Crippen MR) is 125 cm³/mol. The van der Waals surface area contributed by atoms with Crippen molar-refractivity contribution in [2.45, 2.75) is 84.1 Å². The quantitative estimate of drug-likeness (QED) is 0.357. The summed E-state index contributed by atoms with van der Waals surface area (Å²) in [6.07, 6.45) is 3.58. The molecule has 4 aliphatic carbocycles. The van der Waals surface area contributed by atoms with E-state index >= 15 is 0 Å². The lowest BCUT2D eigenvalue weighted by Gasteiger charge is -2.60. The van der Waals surface area contributed by atoms with Crippen LogP contribution in [0.2, 0.25) is 0 Å². The molecule has 34 heavy (non-hydrogen) atoms. The zero-order valence-corrected chi connectivity index (χ0v) is 21.8. The Kier molecular flexibility index (Phi) is 6.15. The van der Waals surface area contributed by atoms with Gasteiger partial charge in [-0.05, 0) is 102 Å². The summed E-state index contributed by atoms with van der Waals surface area (Å²) in [7, 11) is 0. The van der Waals surface area contributed by atoms with Gasteiger partial charge in [0, 0.05) is 11.8 Å². The minimum absolute atomic E-state index is 0.0889. The molecule has 0 N–H and O–H groups in total. The molecule has 0 saturated heterocycles. The number of thiophene rings is 1. The van der Waals surface area contributed by atoms with Gasteiger partial charge in [0.1, 0.15) is 16.8 Å². The lowest BCUT2D eigenvalue weighted by Crippen LogP contribution is -2.54. The van der Waals surface area contributed by atoms with Crippen molar-refractivity contribution in [1.29, 1.82) is 0 Å². The fourth-order valence-electron chi connectivity index (χ4n) is 7.93. The summed E-state index contributed by atoms with van der Waals surface area (Å²) in [6.45, 7) is 4.60. The van der Waals surface area contributed by atoms with E-state index in [-0.39, 0.29) is 26.3 Å². The molecule has 1 heterocycles. The number of alkyl halides is 3. The highest BCUT2D eigenvalue weighted by molar-refractivity contribution is 9.10. The standard InChI is InChI=1S/C25H30BrF3O4S/c1-23-9-7-14(32-21(31)19-12-18(26)22(34-19)33-25(27,28)29)11-13(23)3-4-15-16-5-6-20(30)24(16,2)10-8-17(15)23/h12-17H,3-11H2,1-2H3/t13-,14-,15-,16-,17-,23-,24-/m0/s1. The average molecular weight is 563 g/mol. The van der Waals surface area contributed by atoms with Crippen molar-refractivity contribution in [1.82, 2.24) is 0 Å². The second-order valence-corrected chi connectivity index (χ2v) is 13.0. The number of halogens is 4. The molecule has 0 unspecified atom stereocenters. The summed E-state index contributed by atoms with van der Waals surface area (Å²) in [6, 6.07) is 1.33. The van der Waals surface area contributed by atoms with E-state index in [9.17, 15) is 22.8 Å². The van der Waals surface area contributed by atoms with Crippen LogP contribution >= 0.6 is 27.3 Å². The molecule has 188 valence electrons. The maximum absolute atomic E-state index is 12.7. The minimum atomic E-state index is -4.82. The van der Waals surface area contributed by atoms with E-state index in [2.05, 4.69) is 34.5 Å². The molecular formula is C25H30BrF3O4S. The first-order valence-corrected chi connectivity index (χ1v) is 13.8. The molecule has 0 aromatic carbocycles. The third kappa shape index (κ3) is 4.12. The van der Waals surface area contributed by atoms with Crippen LogP contribution in [0.3, 0.4) is 0 Å². The molecular weight excluding hydrogens is 533 g/mol. The fraction of sp³-hybridized carbons (Fsp3) is 0.760. The van der Waals surface area contributed by atoms with Crippen LogP contribution in [0, 0.1) is 34.5 Å². The molecule has 4 saturated carbocycles. The van der Waals surface area contributed by atoms with Crippen LogP contribution in [0.4, 0.5) is 13.2 Å². The number of hydrogen-bond donors (Lipinski definition) is 0. The van der Waals surface area contributed by atoms with Crippen molar-refractivity contribution in [3.63, 3.8) is 0 Å². The monoisotopic (exact) mass is 562 g/mol. The summed E-state index contributed by atoms with van der Waals surface area (Å²) >= 11 is 3.67. The predicted octanol–water partition coefficient (Wildman–Crippen LogP) is 7.55. The number of carbonyl (C=O) groups excluding carboxylic acids is 2. The first-order chi connectivity index (χ1) is 15.9.